The van der Waals surface area contributed by atoms with E-state index < -0.39 is 4.92 Å². The molecule has 2 aromatic rings. The van der Waals surface area contributed by atoms with Gasteiger partial charge in [-0.2, -0.15) is 0 Å². The van der Waals surface area contributed by atoms with Gasteiger partial charge in [-0.15, -0.1) is 0 Å². The van der Waals surface area contributed by atoms with Crippen LogP contribution >= 0.6 is 31.9 Å². The highest BCUT2D eigenvalue weighted by atomic mass is 79.9. The molecule has 0 bridgehead atoms. The zero-order valence-electron chi connectivity index (χ0n) is 10.7. The van der Waals surface area contributed by atoms with Gasteiger partial charge in [0, 0.05) is 21.6 Å². The SMILES string of the molecule is Cc1ccc(CNc2ccc(Br)cc2[N+](=O)[O-])c(Br)c1. The number of aryl methyl sites for hydroxylation is 1. The summed E-state index contributed by atoms with van der Waals surface area (Å²) < 4.78 is 1.68. The highest BCUT2D eigenvalue weighted by Crippen LogP contribution is 2.29. The third kappa shape index (κ3) is 3.58. The number of nitro groups is 1. The second kappa shape index (κ2) is 6.37. The zero-order chi connectivity index (χ0) is 14.7. The van der Waals surface area contributed by atoms with Crippen molar-refractivity contribution in [1.82, 2.24) is 0 Å². The summed E-state index contributed by atoms with van der Waals surface area (Å²) in [7, 11) is 0. The van der Waals surface area contributed by atoms with E-state index in [1.54, 1.807) is 12.1 Å². The lowest BCUT2D eigenvalue weighted by molar-refractivity contribution is -0.384. The third-order valence-corrected chi connectivity index (χ3v) is 4.07. The van der Waals surface area contributed by atoms with Crippen LogP contribution in [0.15, 0.2) is 45.3 Å². The Labute approximate surface area is 133 Å². The molecule has 0 aliphatic carbocycles. The summed E-state index contributed by atoms with van der Waals surface area (Å²) in [5.74, 6) is 0. The molecule has 0 spiro atoms. The first-order valence-electron chi connectivity index (χ1n) is 5.90. The lowest BCUT2D eigenvalue weighted by Gasteiger charge is -2.09. The summed E-state index contributed by atoms with van der Waals surface area (Å²) in [6.07, 6.45) is 0. The molecule has 0 saturated heterocycles. The molecular weight excluding hydrogens is 388 g/mol. The van der Waals surface area contributed by atoms with Crippen LogP contribution in [0, 0.1) is 17.0 Å². The topological polar surface area (TPSA) is 55.2 Å². The van der Waals surface area contributed by atoms with Crippen molar-refractivity contribution in [2.75, 3.05) is 5.32 Å². The summed E-state index contributed by atoms with van der Waals surface area (Å²) >= 11 is 6.74. The Morgan fingerprint density at radius 1 is 1.20 bits per heavy atom. The minimum atomic E-state index is -0.392. The second-order valence-corrected chi connectivity index (χ2v) is 6.14. The van der Waals surface area contributed by atoms with Crippen LogP contribution in [0.2, 0.25) is 0 Å². The van der Waals surface area contributed by atoms with Crippen molar-refractivity contribution in [3.8, 4) is 0 Å². The molecule has 104 valence electrons. The number of rotatable bonds is 4. The molecule has 0 saturated carbocycles. The predicted molar refractivity (Wildman–Crippen MR) is 87.0 cm³/mol. The Morgan fingerprint density at radius 3 is 2.60 bits per heavy atom. The first-order valence-corrected chi connectivity index (χ1v) is 7.49. The molecule has 0 fully saturated rings. The molecular formula is C14H12Br2N2O2. The number of hydrogen-bond donors (Lipinski definition) is 1. The summed E-state index contributed by atoms with van der Waals surface area (Å²) in [6.45, 7) is 2.53. The molecule has 6 heteroatoms. The minimum absolute atomic E-state index is 0.0580. The van der Waals surface area contributed by atoms with E-state index in [-0.39, 0.29) is 5.69 Å². The van der Waals surface area contributed by atoms with Crippen molar-refractivity contribution in [1.29, 1.82) is 0 Å². The third-order valence-electron chi connectivity index (χ3n) is 2.83. The Kier molecular flexibility index (Phi) is 4.77. The molecule has 0 aliphatic rings. The Hall–Kier alpha value is -1.40. The maximum atomic E-state index is 11.0. The minimum Gasteiger partial charge on any atom is -0.375 e. The lowest BCUT2D eigenvalue weighted by atomic mass is 10.1. The molecule has 1 N–H and O–H groups in total. The van der Waals surface area contributed by atoms with Crippen molar-refractivity contribution in [3.05, 3.63) is 66.6 Å². The number of hydrogen-bond acceptors (Lipinski definition) is 3. The zero-order valence-corrected chi connectivity index (χ0v) is 13.9. The van der Waals surface area contributed by atoms with Crippen LogP contribution in [0.25, 0.3) is 0 Å². The van der Waals surface area contributed by atoms with E-state index in [0.29, 0.717) is 16.7 Å². The number of nitrogens with zero attached hydrogens (tertiary/aromatic N) is 1. The van der Waals surface area contributed by atoms with Gasteiger partial charge in [0.2, 0.25) is 0 Å². The lowest BCUT2D eigenvalue weighted by Crippen LogP contribution is -2.03. The molecule has 2 aromatic carbocycles. The van der Waals surface area contributed by atoms with E-state index in [2.05, 4.69) is 37.2 Å². The second-order valence-electron chi connectivity index (χ2n) is 4.37. The number of halogens is 2. The first-order chi connectivity index (χ1) is 9.47. The number of benzene rings is 2. The molecule has 0 unspecified atom stereocenters. The fourth-order valence-corrected chi connectivity index (χ4v) is 2.77. The van der Waals surface area contributed by atoms with Crippen molar-refractivity contribution in [2.45, 2.75) is 13.5 Å². The van der Waals surface area contributed by atoms with E-state index in [9.17, 15) is 10.1 Å². The molecule has 0 atom stereocenters. The van der Waals surface area contributed by atoms with Gasteiger partial charge >= 0.3 is 0 Å². The summed E-state index contributed by atoms with van der Waals surface area (Å²) in [5.41, 5.74) is 2.77. The van der Waals surface area contributed by atoms with Gasteiger partial charge in [0.25, 0.3) is 5.69 Å². The smallest absolute Gasteiger partial charge is 0.293 e. The quantitative estimate of drug-likeness (QED) is 0.578. The summed E-state index contributed by atoms with van der Waals surface area (Å²) in [4.78, 5) is 10.6. The van der Waals surface area contributed by atoms with Crippen molar-refractivity contribution in [2.24, 2.45) is 0 Å². The number of nitro benzene ring substituents is 1. The van der Waals surface area contributed by atoms with Crippen LogP contribution in [-0.2, 0) is 6.54 Å². The van der Waals surface area contributed by atoms with Crippen LogP contribution in [-0.4, -0.2) is 4.92 Å². The summed E-state index contributed by atoms with van der Waals surface area (Å²) in [6, 6.07) is 11.0. The first kappa shape index (κ1) is 15.0. The number of anilines is 1. The molecule has 0 heterocycles. The Morgan fingerprint density at radius 2 is 1.95 bits per heavy atom. The Bertz CT molecular complexity index is 660. The fraction of sp³-hybridized carbons (Fsp3) is 0.143. The maximum Gasteiger partial charge on any atom is 0.293 e. The van der Waals surface area contributed by atoms with E-state index in [0.717, 1.165) is 15.6 Å². The van der Waals surface area contributed by atoms with Gasteiger partial charge in [-0.05, 0) is 36.2 Å². The van der Waals surface area contributed by atoms with Crippen LogP contribution in [0.3, 0.4) is 0 Å². The average Bonchev–Trinajstić information content (AvgIpc) is 2.38. The van der Waals surface area contributed by atoms with E-state index >= 15 is 0 Å². The van der Waals surface area contributed by atoms with E-state index in [4.69, 9.17) is 0 Å². The monoisotopic (exact) mass is 398 g/mol. The van der Waals surface area contributed by atoms with Crippen molar-refractivity contribution in [3.63, 3.8) is 0 Å². The molecule has 0 radical (unpaired) electrons. The number of nitrogens with one attached hydrogen (secondary N) is 1. The average molecular weight is 400 g/mol. The van der Waals surface area contributed by atoms with Gasteiger partial charge in [0.05, 0.1) is 4.92 Å². The van der Waals surface area contributed by atoms with Gasteiger partial charge in [0.1, 0.15) is 5.69 Å². The highest BCUT2D eigenvalue weighted by molar-refractivity contribution is 9.10. The van der Waals surface area contributed by atoms with E-state index in [1.165, 1.54) is 6.07 Å². The van der Waals surface area contributed by atoms with Gasteiger partial charge in [-0.1, -0.05) is 44.0 Å². The fourth-order valence-electron chi connectivity index (χ4n) is 1.79. The molecule has 0 aromatic heterocycles. The molecule has 20 heavy (non-hydrogen) atoms. The highest BCUT2D eigenvalue weighted by Gasteiger charge is 2.14. The van der Waals surface area contributed by atoms with Crippen LogP contribution in [0.5, 0.6) is 0 Å². The Balaban J connectivity index is 2.20. The van der Waals surface area contributed by atoms with Gasteiger partial charge in [-0.3, -0.25) is 10.1 Å². The standard InChI is InChI=1S/C14H12Br2N2O2/c1-9-2-3-10(12(16)6-9)8-17-13-5-4-11(15)7-14(13)18(19)20/h2-7,17H,8H2,1H3. The van der Waals surface area contributed by atoms with Gasteiger partial charge < -0.3 is 5.32 Å². The van der Waals surface area contributed by atoms with Gasteiger partial charge in [0.15, 0.2) is 0 Å². The predicted octanol–water partition coefficient (Wildman–Crippen LogP) is 5.04. The van der Waals surface area contributed by atoms with Crippen LogP contribution in [0.1, 0.15) is 11.1 Å². The van der Waals surface area contributed by atoms with Gasteiger partial charge in [-0.25, -0.2) is 0 Å². The maximum absolute atomic E-state index is 11.0. The van der Waals surface area contributed by atoms with Crippen LogP contribution in [0.4, 0.5) is 11.4 Å². The van der Waals surface area contributed by atoms with E-state index in [1.807, 2.05) is 25.1 Å². The molecule has 0 amide bonds. The largest absolute Gasteiger partial charge is 0.375 e. The molecule has 4 nitrogen and oxygen atoms in total. The molecule has 2 rings (SSSR count). The van der Waals surface area contributed by atoms with Crippen molar-refractivity contribution < 1.29 is 4.92 Å². The van der Waals surface area contributed by atoms with Crippen LogP contribution < -0.4 is 5.32 Å². The normalized spacial score (nSPS) is 10.3. The molecule has 0 aliphatic heterocycles. The van der Waals surface area contributed by atoms with Crippen molar-refractivity contribution >= 4 is 43.2 Å². The summed E-state index contributed by atoms with van der Waals surface area (Å²) in [5, 5.41) is 14.1.